The van der Waals surface area contributed by atoms with Crippen molar-refractivity contribution in [2.45, 2.75) is 37.5 Å². The van der Waals surface area contributed by atoms with Crippen molar-refractivity contribution in [3.63, 3.8) is 0 Å². The normalized spacial score (nSPS) is 28.4. The molecule has 97 valence electrons. The van der Waals surface area contributed by atoms with Crippen LogP contribution in [-0.2, 0) is 4.74 Å². The zero-order valence-corrected chi connectivity index (χ0v) is 10.8. The molecule has 1 unspecified atom stereocenters. The van der Waals surface area contributed by atoms with Crippen LogP contribution in [0.25, 0.3) is 0 Å². The number of anilines is 1. The van der Waals surface area contributed by atoms with Gasteiger partial charge in [0.2, 0.25) is 5.85 Å². The van der Waals surface area contributed by atoms with Crippen molar-refractivity contribution < 1.29 is 9.13 Å². The van der Waals surface area contributed by atoms with E-state index in [0.29, 0.717) is 18.9 Å². The summed E-state index contributed by atoms with van der Waals surface area (Å²) in [4.78, 5) is 2.12. The molecule has 0 amide bonds. The molecule has 1 aromatic rings. The first-order valence-electron chi connectivity index (χ1n) is 6.71. The summed E-state index contributed by atoms with van der Waals surface area (Å²) in [6, 6.07) is 9.21. The molecule has 1 atom stereocenters. The molecule has 1 aliphatic heterocycles. The van der Waals surface area contributed by atoms with Crippen LogP contribution in [0.3, 0.4) is 0 Å². The van der Waals surface area contributed by atoms with Crippen LogP contribution in [0.2, 0.25) is 0 Å². The van der Waals surface area contributed by atoms with Crippen molar-refractivity contribution in [3.05, 3.63) is 29.8 Å². The molecule has 1 aromatic carbocycles. The number of ether oxygens (including phenoxy) is 1. The van der Waals surface area contributed by atoms with Gasteiger partial charge in [-0.15, -0.1) is 0 Å². The average Bonchev–Trinajstić information content (AvgIpc) is 2.71. The van der Waals surface area contributed by atoms with Crippen molar-refractivity contribution >= 4 is 5.69 Å². The largest absolute Gasteiger partial charge is 0.365 e. The molecule has 1 heterocycles. The fraction of sp³-hybridized carbons (Fsp3) is 0.600. The van der Waals surface area contributed by atoms with E-state index in [1.807, 2.05) is 6.07 Å². The maximum Gasteiger partial charge on any atom is 0.228 e. The molecule has 1 radical (unpaired) electrons. The molecule has 3 heteroatoms. The standard InChI is InChI=1S/C15H19FNO/c1-18-15(16)9-10-17(11-15)14-8-3-2-7-13(14)12-5-4-6-12/h3,7-8,12H,4-6,9-11H2,1H3. The van der Waals surface area contributed by atoms with Gasteiger partial charge in [-0.25, -0.2) is 4.39 Å². The lowest BCUT2D eigenvalue weighted by Gasteiger charge is -2.31. The van der Waals surface area contributed by atoms with Gasteiger partial charge in [0.05, 0.1) is 6.54 Å². The second-order valence-corrected chi connectivity index (χ2v) is 5.37. The summed E-state index contributed by atoms with van der Waals surface area (Å²) in [5.41, 5.74) is 2.51. The fourth-order valence-electron chi connectivity index (χ4n) is 2.89. The predicted molar refractivity (Wildman–Crippen MR) is 69.5 cm³/mol. The molecule has 0 N–H and O–H groups in total. The lowest BCUT2D eigenvalue weighted by Crippen LogP contribution is -2.31. The smallest absolute Gasteiger partial charge is 0.228 e. The molecule has 1 saturated heterocycles. The molecule has 0 bridgehead atoms. The Morgan fingerprint density at radius 1 is 1.50 bits per heavy atom. The highest BCUT2D eigenvalue weighted by Gasteiger charge is 2.39. The van der Waals surface area contributed by atoms with Crippen molar-refractivity contribution in [1.82, 2.24) is 0 Å². The maximum atomic E-state index is 14.1. The Bertz CT molecular complexity index is 432. The third-order valence-corrected chi connectivity index (χ3v) is 4.31. The first-order valence-corrected chi connectivity index (χ1v) is 6.71. The van der Waals surface area contributed by atoms with Gasteiger partial charge in [-0.2, -0.15) is 0 Å². The Kier molecular flexibility index (Phi) is 3.02. The Labute approximate surface area is 108 Å². The minimum absolute atomic E-state index is 0.341. The molecule has 0 aromatic heterocycles. The topological polar surface area (TPSA) is 12.5 Å². The molecule has 3 rings (SSSR count). The second kappa shape index (κ2) is 4.54. The Hall–Kier alpha value is -1.09. The molecular formula is C15H19FNO. The maximum absolute atomic E-state index is 14.1. The van der Waals surface area contributed by atoms with E-state index >= 15 is 0 Å². The van der Waals surface area contributed by atoms with Crippen molar-refractivity contribution in [2.24, 2.45) is 0 Å². The van der Waals surface area contributed by atoms with Crippen molar-refractivity contribution in [2.75, 3.05) is 25.1 Å². The lowest BCUT2D eigenvalue weighted by atomic mass is 9.79. The Morgan fingerprint density at radius 2 is 2.33 bits per heavy atom. The quantitative estimate of drug-likeness (QED) is 0.814. The second-order valence-electron chi connectivity index (χ2n) is 5.37. The van der Waals surface area contributed by atoms with E-state index in [1.54, 1.807) is 0 Å². The highest BCUT2D eigenvalue weighted by molar-refractivity contribution is 5.56. The van der Waals surface area contributed by atoms with E-state index in [2.05, 4.69) is 23.1 Å². The third-order valence-electron chi connectivity index (χ3n) is 4.31. The lowest BCUT2D eigenvalue weighted by molar-refractivity contribution is -0.101. The van der Waals surface area contributed by atoms with Gasteiger partial charge in [0.25, 0.3) is 0 Å². The number of alkyl halides is 1. The summed E-state index contributed by atoms with van der Waals surface area (Å²) in [5.74, 6) is -0.828. The molecule has 0 spiro atoms. The van der Waals surface area contributed by atoms with Gasteiger partial charge < -0.3 is 9.64 Å². The summed E-state index contributed by atoms with van der Waals surface area (Å²) in [6.07, 6.45) is 4.27. The minimum Gasteiger partial charge on any atom is -0.365 e. The van der Waals surface area contributed by atoms with Crippen LogP contribution in [0, 0.1) is 6.07 Å². The van der Waals surface area contributed by atoms with E-state index in [-0.39, 0.29) is 0 Å². The molecule has 2 aliphatic rings. The van der Waals surface area contributed by atoms with Gasteiger partial charge in [0.15, 0.2) is 0 Å². The Morgan fingerprint density at radius 3 is 2.94 bits per heavy atom. The minimum atomic E-state index is -1.48. The van der Waals surface area contributed by atoms with Gasteiger partial charge in [0, 0.05) is 25.8 Å². The van der Waals surface area contributed by atoms with Gasteiger partial charge in [-0.1, -0.05) is 12.5 Å². The first-order chi connectivity index (χ1) is 8.72. The zero-order chi connectivity index (χ0) is 12.6. The highest BCUT2D eigenvalue weighted by Crippen LogP contribution is 2.42. The fourth-order valence-corrected chi connectivity index (χ4v) is 2.89. The summed E-state index contributed by atoms with van der Waals surface area (Å²) in [7, 11) is 1.45. The van der Waals surface area contributed by atoms with E-state index in [4.69, 9.17) is 4.74 Å². The average molecular weight is 248 g/mol. The summed E-state index contributed by atoms with van der Waals surface area (Å²) in [6.45, 7) is 1.07. The molecule has 2 fully saturated rings. The van der Waals surface area contributed by atoms with Crippen LogP contribution in [0.5, 0.6) is 0 Å². The number of nitrogens with zero attached hydrogens (tertiary/aromatic N) is 1. The van der Waals surface area contributed by atoms with Gasteiger partial charge in [-0.3, -0.25) is 0 Å². The molecule has 1 saturated carbocycles. The van der Waals surface area contributed by atoms with Crippen LogP contribution >= 0.6 is 0 Å². The van der Waals surface area contributed by atoms with Gasteiger partial charge in [-0.05, 0) is 42.5 Å². The van der Waals surface area contributed by atoms with Crippen LogP contribution < -0.4 is 4.90 Å². The van der Waals surface area contributed by atoms with Crippen LogP contribution in [-0.4, -0.2) is 26.1 Å². The number of hydrogen-bond donors (Lipinski definition) is 0. The van der Waals surface area contributed by atoms with E-state index in [9.17, 15) is 4.39 Å². The molecule has 18 heavy (non-hydrogen) atoms. The van der Waals surface area contributed by atoms with E-state index in [0.717, 1.165) is 6.54 Å². The SMILES string of the molecule is COC1(F)CCN(c2cc[c]cc2C2CCC2)C1. The van der Waals surface area contributed by atoms with Crippen LogP contribution in [0.4, 0.5) is 10.1 Å². The number of hydrogen-bond acceptors (Lipinski definition) is 2. The van der Waals surface area contributed by atoms with Gasteiger partial charge >= 0.3 is 0 Å². The molecule has 2 nitrogen and oxygen atoms in total. The Balaban J connectivity index is 1.84. The highest BCUT2D eigenvalue weighted by atomic mass is 19.2. The summed E-state index contributed by atoms with van der Waals surface area (Å²) in [5, 5.41) is 0. The summed E-state index contributed by atoms with van der Waals surface area (Å²) >= 11 is 0. The number of halogens is 1. The van der Waals surface area contributed by atoms with Crippen molar-refractivity contribution in [3.8, 4) is 0 Å². The van der Waals surface area contributed by atoms with E-state index < -0.39 is 5.85 Å². The molecular weight excluding hydrogens is 229 g/mol. The first kappa shape index (κ1) is 12.0. The third kappa shape index (κ3) is 2.01. The zero-order valence-electron chi connectivity index (χ0n) is 10.8. The predicted octanol–water partition coefficient (Wildman–Crippen LogP) is 3.28. The monoisotopic (exact) mass is 248 g/mol. The summed E-state index contributed by atoms with van der Waals surface area (Å²) < 4.78 is 19.1. The van der Waals surface area contributed by atoms with E-state index in [1.165, 1.54) is 37.6 Å². The number of methoxy groups -OCH3 is 1. The van der Waals surface area contributed by atoms with Crippen LogP contribution in [0.1, 0.15) is 37.2 Å². The van der Waals surface area contributed by atoms with Crippen molar-refractivity contribution in [1.29, 1.82) is 0 Å². The molecule has 1 aliphatic carbocycles. The van der Waals surface area contributed by atoms with Gasteiger partial charge in [0.1, 0.15) is 0 Å². The number of benzene rings is 1. The van der Waals surface area contributed by atoms with Crippen LogP contribution in [0.15, 0.2) is 18.2 Å². The number of rotatable bonds is 3.